The van der Waals surface area contributed by atoms with Gasteiger partial charge in [-0.15, -0.1) is 0 Å². The zero-order chi connectivity index (χ0) is 15.5. The van der Waals surface area contributed by atoms with E-state index < -0.39 is 10.0 Å². The lowest BCUT2D eigenvalue weighted by Gasteiger charge is -2.30. The van der Waals surface area contributed by atoms with E-state index in [1.807, 2.05) is 0 Å². The predicted octanol–water partition coefficient (Wildman–Crippen LogP) is 1.06. The van der Waals surface area contributed by atoms with Gasteiger partial charge < -0.3 is 15.2 Å². The number of methoxy groups -OCH3 is 2. The minimum Gasteiger partial charge on any atom is -0.497 e. The average molecular weight is 314 g/mol. The molecule has 1 fully saturated rings. The molecule has 1 aliphatic rings. The molecule has 1 heterocycles. The van der Waals surface area contributed by atoms with Crippen molar-refractivity contribution in [3.05, 3.63) is 18.2 Å². The number of rotatable bonds is 5. The third-order valence-electron chi connectivity index (χ3n) is 3.90. The Bertz CT molecular complexity index is 581. The Kier molecular flexibility index (Phi) is 5.08. The fourth-order valence-electron chi connectivity index (χ4n) is 2.51. The van der Waals surface area contributed by atoms with Gasteiger partial charge in [0.1, 0.15) is 16.4 Å². The van der Waals surface area contributed by atoms with Crippen molar-refractivity contribution in [1.82, 2.24) is 4.31 Å². The van der Waals surface area contributed by atoms with Crippen LogP contribution >= 0.6 is 0 Å². The lowest BCUT2D eigenvalue weighted by Crippen LogP contribution is -2.40. The van der Waals surface area contributed by atoms with Gasteiger partial charge in [-0.3, -0.25) is 0 Å². The molecule has 0 radical (unpaired) electrons. The van der Waals surface area contributed by atoms with Crippen molar-refractivity contribution in [3.63, 3.8) is 0 Å². The molecule has 21 heavy (non-hydrogen) atoms. The van der Waals surface area contributed by atoms with Crippen molar-refractivity contribution in [2.24, 2.45) is 11.7 Å². The highest BCUT2D eigenvalue weighted by Gasteiger charge is 2.31. The van der Waals surface area contributed by atoms with E-state index in [-0.39, 0.29) is 4.90 Å². The second-order valence-electron chi connectivity index (χ2n) is 5.10. The van der Waals surface area contributed by atoms with Gasteiger partial charge in [0.05, 0.1) is 14.2 Å². The van der Waals surface area contributed by atoms with Crippen LogP contribution in [0.2, 0.25) is 0 Å². The van der Waals surface area contributed by atoms with E-state index >= 15 is 0 Å². The normalized spacial score (nSPS) is 17.7. The Morgan fingerprint density at radius 3 is 2.43 bits per heavy atom. The molecule has 0 aromatic heterocycles. The summed E-state index contributed by atoms with van der Waals surface area (Å²) < 4.78 is 37.4. The quantitative estimate of drug-likeness (QED) is 0.879. The van der Waals surface area contributed by atoms with Crippen molar-refractivity contribution in [3.8, 4) is 11.5 Å². The number of hydrogen-bond donors (Lipinski definition) is 1. The van der Waals surface area contributed by atoms with E-state index in [0.29, 0.717) is 37.1 Å². The molecule has 0 aliphatic carbocycles. The van der Waals surface area contributed by atoms with Gasteiger partial charge in [0.25, 0.3) is 0 Å². The van der Waals surface area contributed by atoms with Gasteiger partial charge in [-0.2, -0.15) is 4.31 Å². The third-order valence-corrected chi connectivity index (χ3v) is 5.82. The first-order valence-electron chi connectivity index (χ1n) is 6.95. The molecule has 1 aromatic carbocycles. The maximum Gasteiger partial charge on any atom is 0.246 e. The highest BCUT2D eigenvalue weighted by molar-refractivity contribution is 7.89. The molecule has 0 saturated carbocycles. The summed E-state index contributed by atoms with van der Waals surface area (Å²) in [6.07, 6.45) is 1.59. The van der Waals surface area contributed by atoms with Crippen molar-refractivity contribution >= 4 is 10.0 Å². The first-order chi connectivity index (χ1) is 10.0. The molecule has 1 saturated heterocycles. The van der Waals surface area contributed by atoms with Crippen molar-refractivity contribution in [1.29, 1.82) is 0 Å². The molecule has 7 heteroatoms. The smallest absolute Gasteiger partial charge is 0.246 e. The second-order valence-corrected chi connectivity index (χ2v) is 7.01. The standard InChI is InChI=1S/C14H22N2O4S/c1-19-12-3-4-13(20-2)14(9-12)21(17,18)16-7-5-11(10-15)6-8-16/h3-4,9,11H,5-8,10,15H2,1-2H3. The fourth-order valence-corrected chi connectivity index (χ4v) is 4.15. The van der Waals surface area contributed by atoms with E-state index in [1.54, 1.807) is 12.1 Å². The minimum atomic E-state index is -3.58. The van der Waals surface area contributed by atoms with Crippen LogP contribution in [0.1, 0.15) is 12.8 Å². The Labute approximate surface area is 125 Å². The molecule has 0 amide bonds. The summed E-state index contributed by atoms with van der Waals surface area (Å²) in [5.74, 6) is 1.23. The van der Waals surface area contributed by atoms with Crippen LogP contribution < -0.4 is 15.2 Å². The molecule has 0 bridgehead atoms. The van der Waals surface area contributed by atoms with Gasteiger partial charge in [0.15, 0.2) is 0 Å². The molecule has 0 unspecified atom stereocenters. The molecule has 1 aromatic rings. The number of nitrogens with two attached hydrogens (primary N) is 1. The Balaban J connectivity index is 2.31. The minimum absolute atomic E-state index is 0.149. The molecule has 0 spiro atoms. The van der Waals surface area contributed by atoms with Crippen LogP contribution in [0, 0.1) is 5.92 Å². The molecule has 1 aliphatic heterocycles. The Morgan fingerprint density at radius 2 is 1.90 bits per heavy atom. The van der Waals surface area contributed by atoms with Crippen LogP contribution in [-0.4, -0.2) is 46.6 Å². The average Bonchev–Trinajstić information content (AvgIpc) is 2.54. The number of ether oxygens (including phenoxy) is 2. The highest BCUT2D eigenvalue weighted by Crippen LogP contribution is 2.32. The largest absolute Gasteiger partial charge is 0.497 e. The van der Waals surface area contributed by atoms with Crippen LogP contribution in [-0.2, 0) is 10.0 Å². The molecule has 2 rings (SSSR count). The van der Waals surface area contributed by atoms with Gasteiger partial charge in [0.2, 0.25) is 10.0 Å². The first kappa shape index (κ1) is 16.1. The lowest BCUT2D eigenvalue weighted by atomic mass is 9.99. The van der Waals surface area contributed by atoms with Crippen LogP contribution in [0.4, 0.5) is 0 Å². The summed E-state index contributed by atoms with van der Waals surface area (Å²) in [5, 5.41) is 0. The topological polar surface area (TPSA) is 81.9 Å². The fraction of sp³-hybridized carbons (Fsp3) is 0.571. The molecule has 6 nitrogen and oxygen atoms in total. The summed E-state index contributed by atoms with van der Waals surface area (Å²) >= 11 is 0. The van der Waals surface area contributed by atoms with E-state index in [1.165, 1.54) is 24.6 Å². The maximum atomic E-state index is 12.8. The monoisotopic (exact) mass is 314 g/mol. The summed E-state index contributed by atoms with van der Waals surface area (Å²) in [7, 11) is -0.617. The molecule has 0 atom stereocenters. The van der Waals surface area contributed by atoms with Crippen molar-refractivity contribution in [2.45, 2.75) is 17.7 Å². The zero-order valence-electron chi connectivity index (χ0n) is 12.4. The second kappa shape index (κ2) is 6.64. The van der Waals surface area contributed by atoms with Crippen molar-refractivity contribution < 1.29 is 17.9 Å². The van der Waals surface area contributed by atoms with Gasteiger partial charge in [-0.25, -0.2) is 8.42 Å². The molecular formula is C14H22N2O4S. The van der Waals surface area contributed by atoms with Crippen LogP contribution in [0.25, 0.3) is 0 Å². The summed E-state index contributed by atoms with van der Waals surface area (Å²) in [5.41, 5.74) is 5.65. The van der Waals surface area contributed by atoms with Crippen molar-refractivity contribution in [2.75, 3.05) is 33.9 Å². The number of hydrogen-bond acceptors (Lipinski definition) is 5. The van der Waals surface area contributed by atoms with Crippen LogP contribution in [0.3, 0.4) is 0 Å². The Hall–Kier alpha value is -1.31. The number of sulfonamides is 1. The van der Waals surface area contributed by atoms with Gasteiger partial charge in [0, 0.05) is 19.2 Å². The van der Waals surface area contributed by atoms with Crippen LogP contribution in [0.5, 0.6) is 11.5 Å². The van der Waals surface area contributed by atoms with E-state index in [4.69, 9.17) is 15.2 Å². The van der Waals surface area contributed by atoms with Crippen LogP contribution in [0.15, 0.2) is 23.1 Å². The number of piperidine rings is 1. The third kappa shape index (κ3) is 3.30. The highest BCUT2D eigenvalue weighted by atomic mass is 32.2. The van der Waals surface area contributed by atoms with E-state index in [9.17, 15) is 8.42 Å². The summed E-state index contributed by atoms with van der Waals surface area (Å²) in [6, 6.07) is 4.79. The SMILES string of the molecule is COc1ccc(OC)c(S(=O)(=O)N2CCC(CN)CC2)c1. The van der Waals surface area contributed by atoms with E-state index in [2.05, 4.69) is 0 Å². The number of nitrogens with zero attached hydrogens (tertiary/aromatic N) is 1. The maximum absolute atomic E-state index is 12.8. The molecular weight excluding hydrogens is 292 g/mol. The summed E-state index contributed by atoms with van der Waals surface area (Å²) in [6.45, 7) is 1.59. The van der Waals surface area contributed by atoms with E-state index in [0.717, 1.165) is 12.8 Å². The number of benzene rings is 1. The molecule has 2 N–H and O–H groups in total. The van der Waals surface area contributed by atoms with Gasteiger partial charge in [-0.1, -0.05) is 0 Å². The predicted molar refractivity (Wildman–Crippen MR) is 80.1 cm³/mol. The first-order valence-corrected chi connectivity index (χ1v) is 8.39. The lowest BCUT2D eigenvalue weighted by molar-refractivity contribution is 0.277. The van der Waals surface area contributed by atoms with Gasteiger partial charge >= 0.3 is 0 Å². The Morgan fingerprint density at radius 1 is 1.24 bits per heavy atom. The zero-order valence-corrected chi connectivity index (χ0v) is 13.2. The summed E-state index contributed by atoms with van der Waals surface area (Å²) in [4.78, 5) is 0.149. The molecule has 118 valence electrons. The van der Waals surface area contributed by atoms with Gasteiger partial charge in [-0.05, 0) is 37.4 Å².